The lowest BCUT2D eigenvalue weighted by molar-refractivity contribution is 0.116. The highest BCUT2D eigenvalue weighted by atomic mass is 35.5. The Morgan fingerprint density at radius 1 is 1.05 bits per heavy atom. The van der Waals surface area contributed by atoms with Crippen molar-refractivity contribution in [2.45, 2.75) is 52.5 Å². The van der Waals surface area contributed by atoms with Gasteiger partial charge in [-0.25, -0.2) is 0 Å². The molecule has 120 valence electrons. The van der Waals surface area contributed by atoms with E-state index in [1.165, 1.54) is 5.56 Å². The molecule has 0 spiro atoms. The predicted molar refractivity (Wildman–Crippen MR) is 92.2 cm³/mol. The van der Waals surface area contributed by atoms with Crippen LogP contribution in [0.15, 0.2) is 24.3 Å². The molecule has 0 fully saturated rings. The summed E-state index contributed by atoms with van der Waals surface area (Å²) in [6, 6.07) is 8.63. The topological polar surface area (TPSA) is 21.3 Å². The van der Waals surface area contributed by atoms with Gasteiger partial charge >= 0.3 is 0 Å². The second kappa shape index (κ2) is 10.2. The van der Waals surface area contributed by atoms with Crippen molar-refractivity contribution >= 4 is 11.6 Å². The summed E-state index contributed by atoms with van der Waals surface area (Å²) in [6.07, 6.45) is 2.13. The molecule has 0 radical (unpaired) electrons. The number of hydrogen-bond donors (Lipinski definition) is 1. The summed E-state index contributed by atoms with van der Waals surface area (Å²) in [6.45, 7) is 11.4. The molecule has 1 aromatic carbocycles. The zero-order valence-corrected chi connectivity index (χ0v) is 14.6. The van der Waals surface area contributed by atoms with E-state index in [9.17, 15) is 0 Å². The van der Waals surface area contributed by atoms with E-state index in [2.05, 4.69) is 45.1 Å². The van der Waals surface area contributed by atoms with Crippen molar-refractivity contribution in [3.63, 3.8) is 0 Å². The van der Waals surface area contributed by atoms with Crippen LogP contribution in [0, 0.1) is 5.92 Å². The second-order valence-electron chi connectivity index (χ2n) is 6.36. The monoisotopic (exact) mass is 311 g/mol. The molecule has 0 amide bonds. The summed E-state index contributed by atoms with van der Waals surface area (Å²) in [4.78, 5) is 0. The van der Waals surface area contributed by atoms with E-state index in [0.29, 0.717) is 17.9 Å². The maximum absolute atomic E-state index is 6.35. The van der Waals surface area contributed by atoms with Crippen molar-refractivity contribution < 1.29 is 4.74 Å². The Kier molecular flexibility index (Phi) is 8.98. The molecule has 0 saturated heterocycles. The summed E-state index contributed by atoms with van der Waals surface area (Å²) >= 11 is 6.35. The fraction of sp³-hybridized carbons (Fsp3) is 0.667. The van der Waals surface area contributed by atoms with Gasteiger partial charge in [0.15, 0.2) is 0 Å². The number of rotatable bonds is 10. The maximum Gasteiger partial charge on any atom is 0.0472 e. The average Bonchev–Trinajstić information content (AvgIpc) is 2.42. The molecular formula is C18H30ClNO. The van der Waals surface area contributed by atoms with E-state index in [1.807, 2.05) is 12.1 Å². The first-order valence-electron chi connectivity index (χ1n) is 8.06. The van der Waals surface area contributed by atoms with Gasteiger partial charge in [-0.3, -0.25) is 0 Å². The van der Waals surface area contributed by atoms with Crippen molar-refractivity contribution in [3.8, 4) is 0 Å². The number of ether oxygens (including phenoxy) is 1. The van der Waals surface area contributed by atoms with Crippen LogP contribution >= 0.6 is 11.6 Å². The molecule has 0 aliphatic rings. The summed E-state index contributed by atoms with van der Waals surface area (Å²) in [5.41, 5.74) is 1.22. The fourth-order valence-electron chi connectivity index (χ4n) is 2.20. The molecule has 1 atom stereocenters. The van der Waals surface area contributed by atoms with E-state index in [-0.39, 0.29) is 0 Å². The molecule has 1 N–H and O–H groups in total. The Morgan fingerprint density at radius 2 is 1.71 bits per heavy atom. The molecule has 1 aromatic rings. The van der Waals surface area contributed by atoms with Gasteiger partial charge in [-0.1, -0.05) is 57.5 Å². The van der Waals surface area contributed by atoms with E-state index in [1.54, 1.807) is 0 Å². The van der Waals surface area contributed by atoms with Gasteiger partial charge in [-0.05, 0) is 30.4 Å². The van der Waals surface area contributed by atoms with Crippen LogP contribution in [-0.2, 0) is 4.74 Å². The Morgan fingerprint density at radius 3 is 2.33 bits per heavy atom. The summed E-state index contributed by atoms with van der Waals surface area (Å²) < 4.78 is 5.77. The molecular weight excluding hydrogens is 282 g/mol. The smallest absolute Gasteiger partial charge is 0.0472 e. The van der Waals surface area contributed by atoms with Crippen LogP contribution < -0.4 is 5.32 Å². The van der Waals surface area contributed by atoms with Gasteiger partial charge in [0.2, 0.25) is 0 Å². The molecule has 2 nitrogen and oxygen atoms in total. The van der Waals surface area contributed by atoms with Crippen LogP contribution in [0.5, 0.6) is 0 Å². The molecule has 0 heterocycles. The molecule has 0 saturated carbocycles. The van der Waals surface area contributed by atoms with Crippen LogP contribution in [0.1, 0.15) is 52.0 Å². The third-order valence-electron chi connectivity index (χ3n) is 3.57. The first-order chi connectivity index (χ1) is 10.0. The van der Waals surface area contributed by atoms with Crippen LogP contribution in [0.2, 0.25) is 5.02 Å². The lowest BCUT2D eigenvalue weighted by Gasteiger charge is -2.21. The molecule has 1 unspecified atom stereocenters. The molecule has 3 heteroatoms. The second-order valence-corrected chi connectivity index (χ2v) is 6.77. The Labute approximate surface area is 135 Å². The van der Waals surface area contributed by atoms with Crippen LogP contribution in [-0.4, -0.2) is 25.8 Å². The summed E-state index contributed by atoms with van der Waals surface area (Å²) in [5.74, 6) is 1.10. The zero-order chi connectivity index (χ0) is 15.7. The molecule has 0 bridgehead atoms. The highest BCUT2D eigenvalue weighted by Crippen LogP contribution is 2.26. The minimum atomic E-state index is 0.403. The third kappa shape index (κ3) is 7.85. The van der Waals surface area contributed by atoms with Gasteiger partial charge < -0.3 is 10.1 Å². The SMILES string of the molecule is CC(C)CCOCCC(CNC(C)C)c1ccccc1Cl. The molecule has 1 rings (SSSR count). The Hall–Kier alpha value is -0.570. The van der Waals surface area contributed by atoms with Crippen molar-refractivity contribution in [3.05, 3.63) is 34.9 Å². The highest BCUT2D eigenvalue weighted by Gasteiger charge is 2.14. The number of halogens is 1. The predicted octanol–water partition coefficient (Wildman–Crippen LogP) is 4.87. The first-order valence-corrected chi connectivity index (χ1v) is 8.44. The van der Waals surface area contributed by atoms with Gasteiger partial charge in [0, 0.05) is 36.7 Å². The van der Waals surface area contributed by atoms with Crippen LogP contribution in [0.3, 0.4) is 0 Å². The van der Waals surface area contributed by atoms with Crippen molar-refractivity contribution in [1.29, 1.82) is 0 Å². The minimum Gasteiger partial charge on any atom is -0.381 e. The van der Waals surface area contributed by atoms with Crippen LogP contribution in [0.4, 0.5) is 0 Å². The largest absolute Gasteiger partial charge is 0.381 e. The molecule has 0 aliphatic carbocycles. The third-order valence-corrected chi connectivity index (χ3v) is 3.91. The lowest BCUT2D eigenvalue weighted by atomic mass is 9.95. The molecule has 21 heavy (non-hydrogen) atoms. The number of nitrogens with one attached hydrogen (secondary N) is 1. The van der Waals surface area contributed by atoms with Crippen molar-refractivity contribution in [1.82, 2.24) is 5.32 Å². The van der Waals surface area contributed by atoms with Gasteiger partial charge in [0.1, 0.15) is 0 Å². The van der Waals surface area contributed by atoms with E-state index in [0.717, 1.165) is 37.6 Å². The quantitative estimate of drug-likeness (QED) is 0.622. The number of hydrogen-bond acceptors (Lipinski definition) is 2. The van der Waals surface area contributed by atoms with Crippen molar-refractivity contribution in [2.75, 3.05) is 19.8 Å². The Balaban J connectivity index is 2.51. The normalized spacial score (nSPS) is 13.1. The first kappa shape index (κ1) is 18.5. The van der Waals surface area contributed by atoms with Gasteiger partial charge in [0.25, 0.3) is 0 Å². The van der Waals surface area contributed by atoms with Crippen molar-refractivity contribution in [2.24, 2.45) is 5.92 Å². The standard InChI is InChI=1S/C18H30ClNO/c1-14(2)9-11-21-12-10-16(13-20-15(3)4)17-7-5-6-8-18(17)19/h5-8,14-16,20H,9-13H2,1-4H3. The lowest BCUT2D eigenvalue weighted by Crippen LogP contribution is -2.28. The van der Waals surface area contributed by atoms with E-state index in [4.69, 9.17) is 16.3 Å². The molecule has 0 aliphatic heterocycles. The fourth-order valence-corrected chi connectivity index (χ4v) is 2.49. The number of benzene rings is 1. The average molecular weight is 312 g/mol. The van der Waals surface area contributed by atoms with Gasteiger partial charge in [0.05, 0.1) is 0 Å². The van der Waals surface area contributed by atoms with E-state index < -0.39 is 0 Å². The highest BCUT2D eigenvalue weighted by molar-refractivity contribution is 6.31. The maximum atomic E-state index is 6.35. The van der Waals surface area contributed by atoms with E-state index >= 15 is 0 Å². The summed E-state index contributed by atoms with van der Waals surface area (Å²) in [5, 5.41) is 4.37. The Bertz CT molecular complexity index is 393. The van der Waals surface area contributed by atoms with Crippen LogP contribution in [0.25, 0.3) is 0 Å². The minimum absolute atomic E-state index is 0.403. The van der Waals surface area contributed by atoms with Gasteiger partial charge in [-0.2, -0.15) is 0 Å². The summed E-state index contributed by atoms with van der Waals surface area (Å²) in [7, 11) is 0. The zero-order valence-electron chi connectivity index (χ0n) is 13.9. The molecule has 0 aromatic heterocycles. The van der Waals surface area contributed by atoms with Gasteiger partial charge in [-0.15, -0.1) is 0 Å².